The summed E-state index contributed by atoms with van der Waals surface area (Å²) in [6, 6.07) is 12.0. The fraction of sp³-hybridized carbons (Fsp3) is 0.353. The minimum Gasteiger partial charge on any atom is -0.496 e. The third-order valence-corrected chi connectivity index (χ3v) is 5.12. The van der Waals surface area contributed by atoms with E-state index in [0.717, 1.165) is 30.6 Å². The van der Waals surface area contributed by atoms with Gasteiger partial charge in [-0.15, -0.1) is 11.3 Å². The molecule has 1 aliphatic rings. The van der Waals surface area contributed by atoms with Gasteiger partial charge in [0.2, 0.25) is 5.91 Å². The van der Waals surface area contributed by atoms with Crippen LogP contribution in [0.15, 0.2) is 41.8 Å². The van der Waals surface area contributed by atoms with Crippen molar-refractivity contribution in [3.8, 4) is 5.75 Å². The molecule has 4 heteroatoms. The molecule has 0 unspecified atom stereocenters. The molecule has 1 amide bonds. The molecule has 0 atom stereocenters. The summed E-state index contributed by atoms with van der Waals surface area (Å²) in [5, 5.41) is 5.12. The van der Waals surface area contributed by atoms with Gasteiger partial charge in [-0.2, -0.15) is 0 Å². The molecule has 110 valence electrons. The highest BCUT2D eigenvalue weighted by molar-refractivity contribution is 7.10. The molecule has 2 aromatic rings. The lowest BCUT2D eigenvalue weighted by Crippen LogP contribution is -2.35. The summed E-state index contributed by atoms with van der Waals surface area (Å²) in [7, 11) is 1.67. The van der Waals surface area contributed by atoms with Gasteiger partial charge in [-0.25, -0.2) is 0 Å². The molecule has 1 aromatic carbocycles. The van der Waals surface area contributed by atoms with E-state index < -0.39 is 0 Å². The first-order valence-electron chi connectivity index (χ1n) is 7.20. The van der Waals surface area contributed by atoms with Crippen LogP contribution in [0.3, 0.4) is 0 Å². The standard InChI is InChI=1S/C17H19NO2S/c1-20-14-6-3-2-5-13(14)8-11-18-16(19)17(9-10-17)15-7-4-12-21-15/h2-7,12H,8-11H2,1H3,(H,18,19). The van der Waals surface area contributed by atoms with Crippen LogP contribution in [-0.2, 0) is 16.6 Å². The molecule has 1 saturated carbocycles. The third kappa shape index (κ3) is 2.81. The van der Waals surface area contributed by atoms with Crippen molar-refractivity contribution in [3.63, 3.8) is 0 Å². The first-order chi connectivity index (χ1) is 10.3. The summed E-state index contributed by atoms with van der Waals surface area (Å²) in [5.41, 5.74) is 0.885. The highest BCUT2D eigenvalue weighted by atomic mass is 32.1. The van der Waals surface area contributed by atoms with Gasteiger partial charge in [-0.1, -0.05) is 24.3 Å². The summed E-state index contributed by atoms with van der Waals surface area (Å²) < 4.78 is 5.33. The van der Waals surface area contributed by atoms with Gasteiger partial charge in [-0.05, 0) is 42.3 Å². The van der Waals surface area contributed by atoms with Gasteiger partial charge in [0.15, 0.2) is 0 Å². The SMILES string of the molecule is COc1ccccc1CCNC(=O)C1(c2cccs2)CC1. The second kappa shape index (κ2) is 5.90. The number of ether oxygens (including phenoxy) is 1. The maximum Gasteiger partial charge on any atom is 0.231 e. The van der Waals surface area contributed by atoms with E-state index in [2.05, 4.69) is 11.4 Å². The highest BCUT2D eigenvalue weighted by Crippen LogP contribution is 2.50. The van der Waals surface area contributed by atoms with Gasteiger partial charge in [0, 0.05) is 11.4 Å². The first-order valence-corrected chi connectivity index (χ1v) is 8.08. The molecule has 1 fully saturated rings. The topological polar surface area (TPSA) is 38.3 Å². The van der Waals surface area contributed by atoms with Crippen LogP contribution in [0, 0.1) is 0 Å². The zero-order chi connectivity index (χ0) is 14.7. The van der Waals surface area contributed by atoms with Gasteiger partial charge < -0.3 is 10.1 Å². The van der Waals surface area contributed by atoms with E-state index in [9.17, 15) is 4.79 Å². The maximum absolute atomic E-state index is 12.4. The molecule has 3 nitrogen and oxygen atoms in total. The predicted octanol–water partition coefficient (Wildman–Crippen LogP) is 3.15. The molecule has 0 saturated heterocycles. The zero-order valence-corrected chi connectivity index (χ0v) is 12.9. The molecule has 0 radical (unpaired) electrons. The van der Waals surface area contributed by atoms with Crippen LogP contribution in [0.25, 0.3) is 0 Å². The summed E-state index contributed by atoms with van der Waals surface area (Å²) in [4.78, 5) is 13.6. The second-order valence-corrected chi connectivity index (χ2v) is 6.32. The predicted molar refractivity (Wildman–Crippen MR) is 84.9 cm³/mol. The monoisotopic (exact) mass is 301 g/mol. The number of carbonyl (C=O) groups excluding carboxylic acids is 1. The second-order valence-electron chi connectivity index (χ2n) is 5.38. The normalized spacial score (nSPS) is 15.5. The number of thiophene rings is 1. The van der Waals surface area contributed by atoms with E-state index >= 15 is 0 Å². The van der Waals surface area contributed by atoms with Crippen molar-refractivity contribution in [1.29, 1.82) is 0 Å². The minimum absolute atomic E-state index is 0.167. The molecule has 1 heterocycles. The quantitative estimate of drug-likeness (QED) is 0.890. The average molecular weight is 301 g/mol. The Morgan fingerprint density at radius 1 is 1.29 bits per heavy atom. The van der Waals surface area contributed by atoms with Crippen molar-refractivity contribution in [2.75, 3.05) is 13.7 Å². The van der Waals surface area contributed by atoms with Crippen molar-refractivity contribution in [2.24, 2.45) is 0 Å². The fourth-order valence-electron chi connectivity index (χ4n) is 2.65. The number of rotatable bonds is 6. The molecular weight excluding hydrogens is 282 g/mol. The van der Waals surface area contributed by atoms with Gasteiger partial charge in [0.25, 0.3) is 0 Å². The molecule has 1 aromatic heterocycles. The number of benzene rings is 1. The van der Waals surface area contributed by atoms with E-state index in [4.69, 9.17) is 4.74 Å². The number of nitrogens with one attached hydrogen (secondary N) is 1. The molecule has 21 heavy (non-hydrogen) atoms. The molecule has 0 aliphatic heterocycles. The van der Waals surface area contributed by atoms with Crippen LogP contribution in [0.5, 0.6) is 5.75 Å². The Morgan fingerprint density at radius 2 is 2.10 bits per heavy atom. The highest BCUT2D eigenvalue weighted by Gasteiger charge is 2.51. The molecule has 1 N–H and O–H groups in total. The van der Waals surface area contributed by atoms with Crippen LogP contribution in [-0.4, -0.2) is 19.6 Å². The molecule has 0 bridgehead atoms. The van der Waals surface area contributed by atoms with Crippen LogP contribution in [0.2, 0.25) is 0 Å². The maximum atomic E-state index is 12.4. The lowest BCUT2D eigenvalue weighted by molar-refractivity contribution is -0.123. The van der Waals surface area contributed by atoms with Gasteiger partial charge in [-0.3, -0.25) is 4.79 Å². The summed E-state index contributed by atoms with van der Waals surface area (Å²) in [5.74, 6) is 1.05. The van der Waals surface area contributed by atoms with Crippen molar-refractivity contribution in [2.45, 2.75) is 24.7 Å². The summed E-state index contributed by atoms with van der Waals surface area (Å²) in [6.45, 7) is 0.645. The smallest absolute Gasteiger partial charge is 0.231 e. The van der Waals surface area contributed by atoms with E-state index in [1.54, 1.807) is 18.4 Å². The van der Waals surface area contributed by atoms with Crippen molar-refractivity contribution in [1.82, 2.24) is 5.32 Å². The van der Waals surface area contributed by atoms with Gasteiger partial charge in [0.05, 0.1) is 12.5 Å². The number of carbonyl (C=O) groups is 1. The zero-order valence-electron chi connectivity index (χ0n) is 12.1. The van der Waals surface area contributed by atoms with Crippen molar-refractivity contribution in [3.05, 3.63) is 52.2 Å². The van der Waals surface area contributed by atoms with Crippen molar-refractivity contribution >= 4 is 17.2 Å². The molecule has 1 aliphatic carbocycles. The Labute approximate surface area is 129 Å². The molecular formula is C17H19NO2S. The van der Waals surface area contributed by atoms with Crippen LogP contribution in [0.1, 0.15) is 23.3 Å². The van der Waals surface area contributed by atoms with Gasteiger partial charge in [0.1, 0.15) is 5.75 Å². The van der Waals surface area contributed by atoms with Crippen LogP contribution < -0.4 is 10.1 Å². The van der Waals surface area contributed by atoms with E-state index in [-0.39, 0.29) is 11.3 Å². The molecule has 0 spiro atoms. The van der Waals surface area contributed by atoms with Crippen molar-refractivity contribution < 1.29 is 9.53 Å². The summed E-state index contributed by atoms with van der Waals surface area (Å²) in [6.07, 6.45) is 2.72. The van der Waals surface area contributed by atoms with E-state index in [1.165, 1.54) is 4.88 Å². The number of hydrogen-bond acceptors (Lipinski definition) is 3. The Bertz CT molecular complexity index is 617. The fourth-order valence-corrected chi connectivity index (χ4v) is 3.63. The average Bonchev–Trinajstić information content (AvgIpc) is 3.15. The Balaban J connectivity index is 1.58. The minimum atomic E-state index is -0.241. The van der Waals surface area contributed by atoms with Crippen LogP contribution in [0.4, 0.5) is 0 Å². The Hall–Kier alpha value is -1.81. The largest absolute Gasteiger partial charge is 0.496 e. The Morgan fingerprint density at radius 3 is 2.76 bits per heavy atom. The first kappa shape index (κ1) is 14.1. The van der Waals surface area contributed by atoms with Gasteiger partial charge >= 0.3 is 0 Å². The van der Waals surface area contributed by atoms with Crippen LogP contribution >= 0.6 is 11.3 Å². The third-order valence-electron chi connectivity index (χ3n) is 4.05. The molecule has 3 rings (SSSR count). The van der Waals surface area contributed by atoms with E-state index in [1.807, 2.05) is 35.7 Å². The summed E-state index contributed by atoms with van der Waals surface area (Å²) >= 11 is 1.68. The lowest BCUT2D eigenvalue weighted by Gasteiger charge is -2.14. The lowest BCUT2D eigenvalue weighted by atomic mass is 10.0. The number of amides is 1. The Kier molecular flexibility index (Phi) is 3.97. The number of hydrogen-bond donors (Lipinski definition) is 1. The number of para-hydroxylation sites is 1. The van der Waals surface area contributed by atoms with E-state index in [0.29, 0.717) is 6.54 Å². The number of methoxy groups -OCH3 is 1.